The molecule has 0 radical (unpaired) electrons. The first-order valence-electron chi connectivity index (χ1n) is 9.13. The van der Waals surface area contributed by atoms with Crippen LogP contribution in [0.1, 0.15) is 24.0 Å². The van der Waals surface area contributed by atoms with E-state index in [0.29, 0.717) is 29.0 Å². The molecule has 6 nitrogen and oxygen atoms in total. The number of aromatic nitrogens is 1. The number of hydrogen-bond donors (Lipinski definition) is 2. The summed E-state index contributed by atoms with van der Waals surface area (Å²) in [6.07, 6.45) is 4.45. The second-order valence-corrected chi connectivity index (χ2v) is 7.58. The predicted octanol–water partition coefficient (Wildman–Crippen LogP) is 3.46. The van der Waals surface area contributed by atoms with Crippen LogP contribution in [0.5, 0.6) is 5.88 Å². The van der Waals surface area contributed by atoms with Gasteiger partial charge in [-0.3, -0.25) is 10.2 Å². The van der Waals surface area contributed by atoms with Gasteiger partial charge in [-0.1, -0.05) is 23.7 Å². The van der Waals surface area contributed by atoms with E-state index < -0.39 is 0 Å². The molecule has 7 heteroatoms. The second kappa shape index (κ2) is 7.46. The Kier molecular flexibility index (Phi) is 5.04. The summed E-state index contributed by atoms with van der Waals surface area (Å²) in [6, 6.07) is 9.43. The van der Waals surface area contributed by atoms with Crippen molar-refractivity contribution >= 4 is 23.1 Å². The first-order valence-corrected chi connectivity index (χ1v) is 9.51. The number of anilines is 1. The average molecular weight is 387 g/mol. The van der Waals surface area contributed by atoms with Crippen LogP contribution in [0.4, 0.5) is 5.69 Å². The van der Waals surface area contributed by atoms with Gasteiger partial charge in [-0.2, -0.15) is 0 Å². The Morgan fingerprint density at radius 1 is 1.33 bits per heavy atom. The number of fused-ring (bicyclic) bond motifs is 1. The van der Waals surface area contributed by atoms with E-state index in [1.165, 1.54) is 5.06 Å². The molecule has 0 aliphatic carbocycles. The third kappa shape index (κ3) is 3.52. The van der Waals surface area contributed by atoms with Crippen LogP contribution < -0.4 is 15.1 Å². The molecule has 0 atom stereocenters. The SMILES string of the molecule is COc1cc2c(cn1)CC1(CCNCC1)C(=NCc1cccc(Cl)c1)N2O. The van der Waals surface area contributed by atoms with Crippen molar-refractivity contribution in [3.8, 4) is 5.88 Å². The Labute approximate surface area is 163 Å². The van der Waals surface area contributed by atoms with E-state index in [0.717, 1.165) is 43.5 Å². The number of nitrogens with one attached hydrogen (secondary N) is 1. The molecule has 2 aromatic rings. The lowest BCUT2D eigenvalue weighted by molar-refractivity contribution is 0.235. The fourth-order valence-electron chi connectivity index (χ4n) is 4.02. The lowest BCUT2D eigenvalue weighted by atomic mass is 9.71. The molecule has 1 aromatic heterocycles. The van der Waals surface area contributed by atoms with E-state index in [2.05, 4.69) is 10.3 Å². The van der Waals surface area contributed by atoms with E-state index in [1.807, 2.05) is 24.3 Å². The standard InChI is InChI=1S/C20H23ClN4O2/c1-27-18-10-17-15(13-23-18)11-20(5-7-22-8-6-20)19(25(17)26)24-12-14-3-2-4-16(21)9-14/h2-4,9-10,13,22,26H,5-8,11-12H2,1H3. The molecule has 2 aliphatic rings. The van der Waals surface area contributed by atoms with Gasteiger partial charge in [-0.05, 0) is 55.6 Å². The molecule has 2 aliphatic heterocycles. The molecular formula is C20H23ClN4O2. The number of benzene rings is 1. The molecule has 0 amide bonds. The fourth-order valence-corrected chi connectivity index (χ4v) is 4.24. The molecule has 2 N–H and O–H groups in total. The van der Waals surface area contributed by atoms with Gasteiger partial charge >= 0.3 is 0 Å². The van der Waals surface area contributed by atoms with Crippen molar-refractivity contribution in [2.24, 2.45) is 10.4 Å². The normalized spacial score (nSPS) is 20.0. The Hall–Kier alpha value is -2.15. The van der Waals surface area contributed by atoms with Crippen LogP contribution in [0.2, 0.25) is 5.02 Å². The molecule has 3 heterocycles. The number of aliphatic imine (C=N–C) groups is 1. The number of halogens is 1. The summed E-state index contributed by atoms with van der Waals surface area (Å²) in [4.78, 5) is 9.17. The summed E-state index contributed by atoms with van der Waals surface area (Å²) in [7, 11) is 1.57. The summed E-state index contributed by atoms with van der Waals surface area (Å²) >= 11 is 6.10. The highest BCUT2D eigenvalue weighted by atomic mass is 35.5. The minimum absolute atomic E-state index is 0.193. The number of piperidine rings is 1. The molecule has 0 bridgehead atoms. The van der Waals surface area contributed by atoms with Gasteiger partial charge in [0.15, 0.2) is 0 Å². The first kappa shape index (κ1) is 18.2. The molecule has 1 aromatic carbocycles. The van der Waals surface area contributed by atoms with E-state index in [1.54, 1.807) is 19.4 Å². The molecular weight excluding hydrogens is 364 g/mol. The van der Waals surface area contributed by atoms with Crippen molar-refractivity contribution in [1.29, 1.82) is 0 Å². The number of hydroxylamine groups is 1. The minimum Gasteiger partial charge on any atom is -0.481 e. The smallest absolute Gasteiger partial charge is 0.215 e. The maximum Gasteiger partial charge on any atom is 0.215 e. The number of hydrogen-bond acceptors (Lipinski definition) is 5. The average Bonchev–Trinajstić information content (AvgIpc) is 2.68. The zero-order chi connectivity index (χ0) is 18.9. The van der Waals surface area contributed by atoms with Gasteiger partial charge in [-0.15, -0.1) is 0 Å². The largest absolute Gasteiger partial charge is 0.481 e. The van der Waals surface area contributed by atoms with Crippen molar-refractivity contribution in [2.75, 3.05) is 25.3 Å². The third-order valence-electron chi connectivity index (χ3n) is 5.44. The highest BCUT2D eigenvalue weighted by Crippen LogP contribution is 2.43. The molecule has 142 valence electrons. The summed E-state index contributed by atoms with van der Waals surface area (Å²) in [6.45, 7) is 2.28. The predicted molar refractivity (Wildman–Crippen MR) is 106 cm³/mol. The second-order valence-electron chi connectivity index (χ2n) is 7.14. The number of rotatable bonds is 3. The van der Waals surface area contributed by atoms with Crippen molar-refractivity contribution in [3.63, 3.8) is 0 Å². The van der Waals surface area contributed by atoms with Crippen LogP contribution in [-0.2, 0) is 13.0 Å². The zero-order valence-electron chi connectivity index (χ0n) is 15.3. The first-order chi connectivity index (χ1) is 13.1. The highest BCUT2D eigenvalue weighted by molar-refractivity contribution is 6.30. The number of ether oxygens (including phenoxy) is 1. The van der Waals surface area contributed by atoms with Gasteiger partial charge in [-0.25, -0.2) is 10.0 Å². The van der Waals surface area contributed by atoms with Gasteiger partial charge in [0.05, 0.1) is 19.3 Å². The van der Waals surface area contributed by atoms with E-state index in [-0.39, 0.29) is 5.41 Å². The Balaban J connectivity index is 1.74. The van der Waals surface area contributed by atoms with Crippen LogP contribution >= 0.6 is 11.6 Å². The summed E-state index contributed by atoms with van der Waals surface area (Å²) in [5, 5.41) is 16.4. The number of methoxy groups -OCH3 is 1. The third-order valence-corrected chi connectivity index (χ3v) is 5.67. The van der Waals surface area contributed by atoms with Crippen LogP contribution in [0.15, 0.2) is 41.5 Å². The summed E-state index contributed by atoms with van der Waals surface area (Å²) in [5.74, 6) is 1.19. The zero-order valence-corrected chi connectivity index (χ0v) is 16.0. The highest BCUT2D eigenvalue weighted by Gasteiger charge is 2.45. The lowest BCUT2D eigenvalue weighted by Crippen LogP contribution is -2.52. The van der Waals surface area contributed by atoms with Crippen molar-refractivity contribution in [1.82, 2.24) is 10.3 Å². The number of amidine groups is 1. The van der Waals surface area contributed by atoms with Gasteiger partial charge in [0.25, 0.3) is 0 Å². The maximum absolute atomic E-state index is 11.1. The Morgan fingerprint density at radius 3 is 2.89 bits per heavy atom. The van der Waals surface area contributed by atoms with E-state index in [9.17, 15) is 5.21 Å². The molecule has 0 unspecified atom stereocenters. The topological polar surface area (TPSA) is 70.0 Å². The minimum atomic E-state index is -0.193. The van der Waals surface area contributed by atoms with E-state index >= 15 is 0 Å². The molecule has 4 rings (SSSR count). The van der Waals surface area contributed by atoms with Gasteiger partial charge in [0.2, 0.25) is 5.88 Å². The van der Waals surface area contributed by atoms with Crippen molar-refractivity contribution < 1.29 is 9.94 Å². The lowest BCUT2D eigenvalue weighted by Gasteiger charge is -2.45. The monoisotopic (exact) mass is 386 g/mol. The summed E-state index contributed by atoms with van der Waals surface area (Å²) in [5.41, 5.74) is 2.53. The van der Waals surface area contributed by atoms with Crippen LogP contribution in [0.3, 0.4) is 0 Å². The molecule has 27 heavy (non-hydrogen) atoms. The van der Waals surface area contributed by atoms with Gasteiger partial charge in [0, 0.05) is 22.7 Å². The van der Waals surface area contributed by atoms with Crippen LogP contribution in [-0.4, -0.2) is 36.2 Å². The number of pyridine rings is 1. The molecule has 1 fully saturated rings. The van der Waals surface area contributed by atoms with Gasteiger partial charge < -0.3 is 10.1 Å². The van der Waals surface area contributed by atoms with Crippen LogP contribution in [0.25, 0.3) is 0 Å². The Morgan fingerprint density at radius 2 is 2.15 bits per heavy atom. The maximum atomic E-state index is 11.1. The van der Waals surface area contributed by atoms with E-state index in [4.69, 9.17) is 21.3 Å². The van der Waals surface area contributed by atoms with Gasteiger partial charge in [0.1, 0.15) is 5.84 Å². The Bertz CT molecular complexity index is 865. The molecule has 1 saturated heterocycles. The summed E-state index contributed by atoms with van der Waals surface area (Å²) < 4.78 is 5.23. The quantitative estimate of drug-likeness (QED) is 0.845. The van der Waals surface area contributed by atoms with Crippen LogP contribution in [0, 0.1) is 5.41 Å². The van der Waals surface area contributed by atoms with Crippen molar-refractivity contribution in [2.45, 2.75) is 25.8 Å². The molecule has 1 spiro atoms. The molecule has 0 saturated carbocycles. The van der Waals surface area contributed by atoms with Crippen molar-refractivity contribution in [3.05, 3.63) is 52.7 Å². The fraction of sp³-hybridized carbons (Fsp3) is 0.400. The number of nitrogens with zero attached hydrogens (tertiary/aromatic N) is 3.